The van der Waals surface area contributed by atoms with Gasteiger partial charge in [-0.05, 0) is 25.7 Å². The molecule has 0 aliphatic heterocycles. The number of rotatable bonds is 11. The second-order valence-electron chi connectivity index (χ2n) is 4.55. The largest absolute Gasteiger partial charge is 0.0845 e. The molecule has 0 saturated carbocycles. The smallest absolute Gasteiger partial charge is 0.0348 e. The normalized spacial score (nSPS) is 11.9. The predicted molar refractivity (Wildman–Crippen MR) is 75.8 cm³/mol. The fraction of sp³-hybridized carbons (Fsp3) is 0.750. The Morgan fingerprint density at radius 3 is 1.38 bits per heavy atom. The van der Waals surface area contributed by atoms with Crippen molar-refractivity contribution in [2.45, 2.75) is 78.1 Å². The molecule has 16 heavy (non-hydrogen) atoms. The van der Waals surface area contributed by atoms with Crippen molar-refractivity contribution in [3.05, 3.63) is 24.3 Å². The van der Waals surface area contributed by atoms with Crippen molar-refractivity contribution in [2.75, 3.05) is 0 Å². The summed E-state index contributed by atoms with van der Waals surface area (Å²) in [5.74, 6) is 0. The molecule has 0 atom stereocenters. The first-order valence-corrected chi connectivity index (χ1v) is 7.23. The van der Waals surface area contributed by atoms with Gasteiger partial charge in [0.2, 0.25) is 0 Å². The molecule has 0 heteroatoms. The first kappa shape index (κ1) is 15.5. The summed E-state index contributed by atoms with van der Waals surface area (Å²) in [6.45, 7) is 4.52. The van der Waals surface area contributed by atoms with Crippen LogP contribution in [0.25, 0.3) is 0 Å². The van der Waals surface area contributed by atoms with Crippen molar-refractivity contribution in [2.24, 2.45) is 0 Å². The molecule has 0 heterocycles. The second kappa shape index (κ2) is 14.5. The molecule has 0 fully saturated rings. The van der Waals surface area contributed by atoms with Gasteiger partial charge in [-0.25, -0.2) is 0 Å². The summed E-state index contributed by atoms with van der Waals surface area (Å²) >= 11 is 0. The second-order valence-corrected chi connectivity index (χ2v) is 4.55. The molecule has 0 amide bonds. The van der Waals surface area contributed by atoms with E-state index in [1.54, 1.807) is 0 Å². The van der Waals surface area contributed by atoms with Crippen LogP contribution in [0.2, 0.25) is 0 Å². The van der Waals surface area contributed by atoms with E-state index in [0.717, 1.165) is 0 Å². The van der Waals surface area contributed by atoms with E-state index in [4.69, 9.17) is 0 Å². The van der Waals surface area contributed by atoms with Gasteiger partial charge in [-0.1, -0.05) is 76.7 Å². The topological polar surface area (TPSA) is 0 Å². The lowest BCUT2D eigenvalue weighted by atomic mass is 10.1. The van der Waals surface area contributed by atoms with Crippen LogP contribution >= 0.6 is 0 Å². The van der Waals surface area contributed by atoms with Gasteiger partial charge in [0.1, 0.15) is 0 Å². The zero-order valence-corrected chi connectivity index (χ0v) is 11.4. The molecule has 0 radical (unpaired) electrons. The highest BCUT2D eigenvalue weighted by Gasteiger charge is 1.84. The molecule has 0 aromatic heterocycles. The maximum absolute atomic E-state index is 2.30. The van der Waals surface area contributed by atoms with E-state index in [2.05, 4.69) is 38.2 Å². The summed E-state index contributed by atoms with van der Waals surface area (Å²) in [5.41, 5.74) is 0. The van der Waals surface area contributed by atoms with Crippen LogP contribution in [-0.4, -0.2) is 0 Å². The lowest BCUT2D eigenvalue weighted by molar-refractivity contribution is 0.673. The third-order valence-electron chi connectivity index (χ3n) is 2.83. The van der Waals surface area contributed by atoms with E-state index in [-0.39, 0.29) is 0 Å². The molecule has 0 nitrogen and oxygen atoms in total. The van der Waals surface area contributed by atoms with Gasteiger partial charge in [0.15, 0.2) is 0 Å². The van der Waals surface area contributed by atoms with Crippen LogP contribution < -0.4 is 0 Å². The minimum Gasteiger partial charge on any atom is -0.0845 e. The number of hydrogen-bond acceptors (Lipinski definition) is 0. The summed E-state index contributed by atoms with van der Waals surface area (Å²) in [6.07, 6.45) is 22.5. The van der Waals surface area contributed by atoms with Gasteiger partial charge >= 0.3 is 0 Å². The standard InChI is InChI=1S/C16H30/c1-3-5-7-9-11-13-15-16-14-12-10-8-6-4-2/h13-16H,3-12H2,1-2H3/b15-13+,16-14+. The van der Waals surface area contributed by atoms with Crippen LogP contribution in [0.5, 0.6) is 0 Å². The van der Waals surface area contributed by atoms with Crippen LogP contribution in [-0.2, 0) is 0 Å². The van der Waals surface area contributed by atoms with Gasteiger partial charge in [0.25, 0.3) is 0 Å². The lowest BCUT2D eigenvalue weighted by Crippen LogP contribution is -1.74. The number of hydrogen-bond donors (Lipinski definition) is 0. The monoisotopic (exact) mass is 222 g/mol. The highest BCUT2D eigenvalue weighted by molar-refractivity contribution is 5.02. The van der Waals surface area contributed by atoms with Gasteiger partial charge < -0.3 is 0 Å². The van der Waals surface area contributed by atoms with Crippen molar-refractivity contribution in [1.29, 1.82) is 0 Å². The highest BCUT2D eigenvalue weighted by atomic mass is 13.9. The van der Waals surface area contributed by atoms with E-state index in [1.165, 1.54) is 64.2 Å². The first-order chi connectivity index (χ1) is 7.91. The SMILES string of the molecule is CCCCCC/C=C/C=C/CCCCCC. The van der Waals surface area contributed by atoms with Crippen molar-refractivity contribution < 1.29 is 0 Å². The van der Waals surface area contributed by atoms with Crippen LogP contribution in [0.15, 0.2) is 24.3 Å². The van der Waals surface area contributed by atoms with E-state index >= 15 is 0 Å². The zero-order chi connectivity index (χ0) is 11.9. The van der Waals surface area contributed by atoms with Crippen molar-refractivity contribution in [3.8, 4) is 0 Å². The Kier molecular flexibility index (Phi) is 14.0. The average molecular weight is 222 g/mol. The quantitative estimate of drug-likeness (QED) is 0.295. The molecule has 0 rings (SSSR count). The molecule has 0 aromatic carbocycles. The molecular weight excluding hydrogens is 192 g/mol. The van der Waals surface area contributed by atoms with Gasteiger partial charge in [0, 0.05) is 0 Å². The fourth-order valence-electron chi connectivity index (χ4n) is 1.73. The van der Waals surface area contributed by atoms with Crippen molar-refractivity contribution >= 4 is 0 Å². The molecule has 0 spiro atoms. The Morgan fingerprint density at radius 2 is 1.00 bits per heavy atom. The first-order valence-electron chi connectivity index (χ1n) is 7.23. The number of unbranched alkanes of at least 4 members (excludes halogenated alkanes) is 8. The lowest BCUT2D eigenvalue weighted by Gasteiger charge is -1.94. The minimum absolute atomic E-state index is 1.25. The molecule has 0 bridgehead atoms. The molecular formula is C16H30. The van der Waals surface area contributed by atoms with Crippen LogP contribution in [0.4, 0.5) is 0 Å². The van der Waals surface area contributed by atoms with Gasteiger partial charge in [-0.2, -0.15) is 0 Å². The highest BCUT2D eigenvalue weighted by Crippen LogP contribution is 2.04. The maximum Gasteiger partial charge on any atom is -0.0348 e. The third kappa shape index (κ3) is 13.5. The van der Waals surface area contributed by atoms with Crippen LogP contribution in [0, 0.1) is 0 Å². The predicted octanol–water partition coefficient (Wildman–Crippen LogP) is 6.04. The van der Waals surface area contributed by atoms with Gasteiger partial charge in [0.05, 0.1) is 0 Å². The average Bonchev–Trinajstić information content (AvgIpc) is 2.31. The van der Waals surface area contributed by atoms with E-state index in [0.29, 0.717) is 0 Å². The molecule has 0 aliphatic carbocycles. The maximum atomic E-state index is 2.30. The summed E-state index contributed by atoms with van der Waals surface area (Å²) < 4.78 is 0. The molecule has 0 aromatic rings. The van der Waals surface area contributed by atoms with E-state index < -0.39 is 0 Å². The molecule has 0 N–H and O–H groups in total. The fourth-order valence-corrected chi connectivity index (χ4v) is 1.73. The van der Waals surface area contributed by atoms with E-state index in [9.17, 15) is 0 Å². The Bertz CT molecular complexity index is 145. The summed E-state index contributed by atoms with van der Waals surface area (Å²) in [7, 11) is 0. The Labute approximate surface area is 103 Å². The Morgan fingerprint density at radius 1 is 0.562 bits per heavy atom. The summed E-state index contributed by atoms with van der Waals surface area (Å²) in [6, 6.07) is 0. The van der Waals surface area contributed by atoms with Crippen LogP contribution in [0.3, 0.4) is 0 Å². The molecule has 0 unspecified atom stereocenters. The Balaban J connectivity index is 3.15. The van der Waals surface area contributed by atoms with E-state index in [1.807, 2.05) is 0 Å². The van der Waals surface area contributed by atoms with Crippen molar-refractivity contribution in [1.82, 2.24) is 0 Å². The zero-order valence-electron chi connectivity index (χ0n) is 11.4. The van der Waals surface area contributed by atoms with Gasteiger partial charge in [-0.15, -0.1) is 0 Å². The molecule has 0 aliphatic rings. The third-order valence-corrected chi connectivity index (χ3v) is 2.83. The van der Waals surface area contributed by atoms with Crippen LogP contribution in [0.1, 0.15) is 78.1 Å². The van der Waals surface area contributed by atoms with Gasteiger partial charge in [-0.3, -0.25) is 0 Å². The summed E-state index contributed by atoms with van der Waals surface area (Å²) in [4.78, 5) is 0. The summed E-state index contributed by atoms with van der Waals surface area (Å²) in [5, 5.41) is 0. The molecule has 94 valence electrons. The molecule has 0 saturated heterocycles. The minimum atomic E-state index is 1.25. The Hall–Kier alpha value is -0.520. The number of allylic oxidation sites excluding steroid dienone is 4. The van der Waals surface area contributed by atoms with Crippen molar-refractivity contribution in [3.63, 3.8) is 0 Å².